The minimum absolute atomic E-state index is 0.305. The maximum absolute atomic E-state index is 12.3. The van der Waals surface area contributed by atoms with Crippen molar-refractivity contribution in [1.82, 2.24) is 0 Å². The van der Waals surface area contributed by atoms with Crippen LogP contribution in [0.15, 0.2) is 75.8 Å². The molecule has 3 aromatic rings. The van der Waals surface area contributed by atoms with Crippen LogP contribution in [0.25, 0.3) is 16.8 Å². The molecule has 0 atom stereocenters. The Morgan fingerprint density at radius 2 is 1.68 bits per heavy atom. The van der Waals surface area contributed by atoms with Gasteiger partial charge in [-0.05, 0) is 63.0 Å². The zero-order valence-electron chi connectivity index (χ0n) is 13.5. The van der Waals surface area contributed by atoms with Gasteiger partial charge in [-0.15, -0.1) is 0 Å². The molecule has 0 spiro atoms. The lowest BCUT2D eigenvalue weighted by Gasteiger charge is -2.05. The molecular formula is C21H14BrNO2. The third-order valence-electron chi connectivity index (χ3n) is 4.19. The number of nitrogens with zero attached hydrogens (tertiary/aromatic N) is 1. The number of halogens is 1. The van der Waals surface area contributed by atoms with Crippen molar-refractivity contribution in [3.63, 3.8) is 0 Å². The summed E-state index contributed by atoms with van der Waals surface area (Å²) in [5, 5.41) is 2.26. The molecule has 0 unspecified atom stereocenters. The number of hydrogen-bond donors (Lipinski definition) is 0. The minimum Gasteiger partial charge on any atom is -0.402 e. The fraction of sp³-hybridized carbons (Fsp3) is 0.0476. The quantitative estimate of drug-likeness (QED) is 0.441. The maximum atomic E-state index is 12.3. The van der Waals surface area contributed by atoms with Crippen LogP contribution in [0.3, 0.4) is 0 Å². The van der Waals surface area contributed by atoms with Crippen molar-refractivity contribution >= 4 is 44.6 Å². The lowest BCUT2D eigenvalue weighted by Crippen LogP contribution is -2.05. The number of esters is 1. The highest BCUT2D eigenvalue weighted by Crippen LogP contribution is 2.27. The highest BCUT2D eigenvalue weighted by atomic mass is 79.9. The molecule has 3 aromatic carbocycles. The molecule has 1 aliphatic rings. The molecule has 0 radical (unpaired) electrons. The standard InChI is InChI=1S/C21H14BrNO2/c1-13-10-11-14(16-7-3-2-6-15(13)16)12-19-21(24)25-20(23-19)17-8-4-5-9-18(17)22/h2-12H,1H3/b19-12-. The van der Waals surface area contributed by atoms with Gasteiger partial charge in [0.15, 0.2) is 5.70 Å². The summed E-state index contributed by atoms with van der Waals surface area (Å²) in [6.07, 6.45) is 1.79. The predicted octanol–water partition coefficient (Wildman–Crippen LogP) is 5.26. The van der Waals surface area contributed by atoms with Crippen molar-refractivity contribution < 1.29 is 9.53 Å². The van der Waals surface area contributed by atoms with Crippen molar-refractivity contribution in [2.45, 2.75) is 6.92 Å². The highest BCUT2D eigenvalue weighted by Gasteiger charge is 2.25. The zero-order chi connectivity index (χ0) is 17.4. The van der Waals surface area contributed by atoms with Gasteiger partial charge in [0, 0.05) is 4.47 Å². The van der Waals surface area contributed by atoms with Crippen molar-refractivity contribution in [2.24, 2.45) is 4.99 Å². The number of benzene rings is 3. The van der Waals surface area contributed by atoms with E-state index in [1.165, 1.54) is 10.9 Å². The molecule has 4 heteroatoms. The zero-order valence-corrected chi connectivity index (χ0v) is 15.1. The first-order valence-corrected chi connectivity index (χ1v) is 8.68. The minimum atomic E-state index is -0.435. The van der Waals surface area contributed by atoms with E-state index in [-0.39, 0.29) is 0 Å². The first-order valence-electron chi connectivity index (χ1n) is 7.89. The second-order valence-corrected chi connectivity index (χ2v) is 6.69. The van der Waals surface area contributed by atoms with E-state index in [1.807, 2.05) is 54.6 Å². The van der Waals surface area contributed by atoms with Gasteiger partial charge in [0.1, 0.15) is 0 Å². The van der Waals surface area contributed by atoms with Gasteiger partial charge in [-0.25, -0.2) is 9.79 Å². The Labute approximate surface area is 153 Å². The molecule has 0 fully saturated rings. The van der Waals surface area contributed by atoms with Crippen LogP contribution < -0.4 is 0 Å². The van der Waals surface area contributed by atoms with Crippen LogP contribution in [0.2, 0.25) is 0 Å². The van der Waals surface area contributed by atoms with Crippen LogP contribution in [-0.2, 0) is 9.53 Å². The van der Waals surface area contributed by atoms with Gasteiger partial charge < -0.3 is 4.74 Å². The van der Waals surface area contributed by atoms with Crippen molar-refractivity contribution in [3.8, 4) is 0 Å². The fourth-order valence-electron chi connectivity index (χ4n) is 2.91. The van der Waals surface area contributed by atoms with Crippen LogP contribution >= 0.6 is 15.9 Å². The van der Waals surface area contributed by atoms with E-state index in [0.29, 0.717) is 11.6 Å². The molecule has 0 amide bonds. The number of carbonyl (C=O) groups excluding carboxylic acids is 1. The van der Waals surface area contributed by atoms with Crippen LogP contribution in [0.1, 0.15) is 16.7 Å². The number of cyclic esters (lactones) is 1. The Hall–Kier alpha value is -2.72. The second-order valence-electron chi connectivity index (χ2n) is 5.83. The molecule has 1 heterocycles. The van der Waals surface area contributed by atoms with Crippen molar-refractivity contribution in [2.75, 3.05) is 0 Å². The molecule has 0 aromatic heterocycles. The van der Waals surface area contributed by atoms with Crippen LogP contribution in [0, 0.1) is 6.92 Å². The number of fused-ring (bicyclic) bond motifs is 1. The van der Waals surface area contributed by atoms with E-state index in [2.05, 4.69) is 33.9 Å². The molecule has 3 nitrogen and oxygen atoms in total. The summed E-state index contributed by atoms with van der Waals surface area (Å²) in [6, 6.07) is 19.7. The van der Waals surface area contributed by atoms with E-state index < -0.39 is 5.97 Å². The topological polar surface area (TPSA) is 38.7 Å². The van der Waals surface area contributed by atoms with Gasteiger partial charge in [0.05, 0.1) is 5.56 Å². The summed E-state index contributed by atoms with van der Waals surface area (Å²) in [6.45, 7) is 2.08. The molecule has 4 rings (SSSR count). The molecule has 0 saturated carbocycles. The smallest absolute Gasteiger partial charge is 0.363 e. The molecule has 1 aliphatic heterocycles. The Morgan fingerprint density at radius 1 is 0.960 bits per heavy atom. The van der Waals surface area contributed by atoms with E-state index in [0.717, 1.165) is 21.0 Å². The van der Waals surface area contributed by atoms with Crippen LogP contribution in [-0.4, -0.2) is 11.9 Å². The molecule has 25 heavy (non-hydrogen) atoms. The first-order chi connectivity index (χ1) is 12.1. The molecule has 122 valence electrons. The van der Waals surface area contributed by atoms with E-state index in [1.54, 1.807) is 6.08 Å². The van der Waals surface area contributed by atoms with Gasteiger partial charge in [0.2, 0.25) is 5.90 Å². The average molecular weight is 392 g/mol. The molecule has 0 N–H and O–H groups in total. The molecule has 0 bridgehead atoms. The first kappa shape index (κ1) is 15.8. The number of rotatable bonds is 2. The number of aryl methyl sites for hydroxylation is 1. The van der Waals surface area contributed by atoms with Gasteiger partial charge in [0.25, 0.3) is 0 Å². The summed E-state index contributed by atoms with van der Waals surface area (Å²) in [5.74, 6) is -0.115. The van der Waals surface area contributed by atoms with Crippen LogP contribution in [0.4, 0.5) is 0 Å². The van der Waals surface area contributed by atoms with Crippen molar-refractivity contribution in [1.29, 1.82) is 0 Å². The fourth-order valence-corrected chi connectivity index (χ4v) is 3.36. The molecular weight excluding hydrogens is 378 g/mol. The number of carbonyl (C=O) groups is 1. The van der Waals surface area contributed by atoms with Gasteiger partial charge in [-0.1, -0.05) is 48.5 Å². The number of hydrogen-bond acceptors (Lipinski definition) is 3. The summed E-state index contributed by atoms with van der Waals surface area (Å²) >= 11 is 3.46. The molecule has 0 saturated heterocycles. The maximum Gasteiger partial charge on any atom is 0.363 e. The lowest BCUT2D eigenvalue weighted by atomic mass is 10.00. The third-order valence-corrected chi connectivity index (χ3v) is 4.88. The number of aliphatic imine (C=N–C) groups is 1. The normalized spacial score (nSPS) is 15.5. The summed E-state index contributed by atoms with van der Waals surface area (Å²) in [4.78, 5) is 16.7. The monoisotopic (exact) mass is 391 g/mol. The molecule has 0 aliphatic carbocycles. The third kappa shape index (κ3) is 2.89. The second kappa shape index (κ2) is 6.30. The summed E-state index contributed by atoms with van der Waals surface area (Å²) in [5.41, 5.74) is 3.21. The SMILES string of the molecule is Cc1ccc(/C=C2\N=C(c3ccccc3Br)OC2=O)c2ccccc12. The summed E-state index contributed by atoms with van der Waals surface area (Å²) in [7, 11) is 0. The average Bonchev–Trinajstić information content (AvgIpc) is 2.98. The number of ether oxygens (including phenoxy) is 1. The van der Waals surface area contributed by atoms with E-state index in [4.69, 9.17) is 4.74 Å². The Bertz CT molecular complexity index is 1070. The van der Waals surface area contributed by atoms with Crippen molar-refractivity contribution in [3.05, 3.63) is 87.5 Å². The predicted molar refractivity (Wildman–Crippen MR) is 103 cm³/mol. The van der Waals surface area contributed by atoms with Gasteiger partial charge >= 0.3 is 5.97 Å². The largest absolute Gasteiger partial charge is 0.402 e. The van der Waals surface area contributed by atoms with Gasteiger partial charge in [-0.2, -0.15) is 0 Å². The Morgan fingerprint density at radius 3 is 2.48 bits per heavy atom. The van der Waals surface area contributed by atoms with Crippen LogP contribution in [0.5, 0.6) is 0 Å². The highest BCUT2D eigenvalue weighted by molar-refractivity contribution is 9.10. The Kier molecular flexibility index (Phi) is 3.98. The van der Waals surface area contributed by atoms with E-state index >= 15 is 0 Å². The Balaban J connectivity index is 1.81. The summed E-state index contributed by atoms with van der Waals surface area (Å²) < 4.78 is 6.20. The van der Waals surface area contributed by atoms with E-state index in [9.17, 15) is 4.79 Å². The van der Waals surface area contributed by atoms with Gasteiger partial charge in [-0.3, -0.25) is 0 Å². The lowest BCUT2D eigenvalue weighted by molar-refractivity contribution is -0.129.